The van der Waals surface area contributed by atoms with Gasteiger partial charge >= 0.3 is 0 Å². The predicted octanol–water partition coefficient (Wildman–Crippen LogP) is 13.6. The van der Waals surface area contributed by atoms with Gasteiger partial charge in [0, 0.05) is 27.5 Å². The molecule has 0 saturated heterocycles. The lowest BCUT2D eigenvalue weighted by atomic mass is 9.93. The highest BCUT2D eigenvalue weighted by atomic mass is 28.3. The van der Waals surface area contributed by atoms with Gasteiger partial charge in [0.25, 0.3) is 0 Å². The molecule has 0 bridgehead atoms. The lowest BCUT2D eigenvalue weighted by Gasteiger charge is -2.34. The van der Waals surface area contributed by atoms with E-state index in [1.54, 1.807) is 0 Å². The van der Waals surface area contributed by atoms with Crippen LogP contribution in [0.25, 0.3) is 83.9 Å². The van der Waals surface area contributed by atoms with E-state index in [2.05, 4.69) is 238 Å². The molecule has 0 aliphatic heterocycles. The van der Waals surface area contributed by atoms with Crippen LogP contribution in [-0.4, -0.2) is 27.6 Å². The van der Waals surface area contributed by atoms with E-state index in [0.717, 1.165) is 44.5 Å². The van der Waals surface area contributed by atoms with Crippen LogP contribution in [0, 0.1) is 20.8 Å². The first kappa shape index (κ1) is 43.5. The van der Waals surface area contributed by atoms with Crippen LogP contribution >= 0.6 is 0 Å². The molecule has 0 unspecified atom stereocenters. The third-order valence-electron chi connectivity index (χ3n) is 14.1. The number of benzene rings is 10. The third kappa shape index (κ3) is 7.77. The minimum absolute atomic E-state index is 0.598. The van der Waals surface area contributed by atoms with Crippen molar-refractivity contribution in [3.05, 3.63) is 265 Å². The maximum atomic E-state index is 5.39. The van der Waals surface area contributed by atoms with E-state index in [9.17, 15) is 0 Å². The average molecular weight is 927 g/mol. The molecule has 12 rings (SSSR count). The molecule has 4 nitrogen and oxygen atoms in total. The predicted molar refractivity (Wildman–Crippen MR) is 299 cm³/mol. The molecule has 0 aliphatic rings. The molecule has 338 valence electrons. The fourth-order valence-corrected chi connectivity index (χ4v) is 15.8. The number of hydrogen-bond donors (Lipinski definition) is 0. The van der Waals surface area contributed by atoms with Gasteiger partial charge in [-0.1, -0.05) is 224 Å². The Kier molecular flexibility index (Phi) is 11.2. The molecular weight excluding hydrogens is 877 g/mol. The number of aryl methyl sites for hydroxylation is 3. The molecule has 71 heavy (non-hydrogen) atoms. The van der Waals surface area contributed by atoms with E-state index in [4.69, 9.17) is 15.0 Å². The summed E-state index contributed by atoms with van der Waals surface area (Å²) >= 11 is 0. The number of nitrogens with zero attached hydrogens (tertiary/aromatic N) is 4. The van der Waals surface area contributed by atoms with E-state index in [1.807, 2.05) is 36.4 Å². The Labute approximate surface area is 416 Å². The minimum Gasteiger partial charge on any atom is -0.309 e. The van der Waals surface area contributed by atoms with Crippen molar-refractivity contribution in [2.45, 2.75) is 20.8 Å². The summed E-state index contributed by atoms with van der Waals surface area (Å²) in [6.07, 6.45) is 0. The summed E-state index contributed by atoms with van der Waals surface area (Å²) in [4.78, 5) is 15.9. The van der Waals surface area contributed by atoms with Gasteiger partial charge in [-0.05, 0) is 105 Å². The van der Waals surface area contributed by atoms with Crippen LogP contribution in [0.15, 0.2) is 249 Å². The van der Waals surface area contributed by atoms with Crippen molar-refractivity contribution in [2.24, 2.45) is 0 Å². The van der Waals surface area contributed by atoms with Gasteiger partial charge in [-0.3, -0.25) is 0 Å². The van der Waals surface area contributed by atoms with E-state index >= 15 is 0 Å². The molecule has 0 fully saturated rings. The SMILES string of the molecule is Cc1cc(C)c(-c2ccc3c(c2)c2ccccc2n3-c2ccc(-c3cccc([Si](c4ccccc4)(c4ccccc4)c4ccccc4)c3)cc2-c2nc(-c3ccccc3)nc(-c3ccccc3)n2)c(C)c1. The first-order chi connectivity index (χ1) is 34.9. The standard InChI is InChI=1S/C66H50N4Si/c1-45-40-46(2)63(47(3)41-45)52-37-39-61-58(44-52)57-34-19-20-35-60(57)70(61)62-38-36-51(43-59(62)66-68-64(48-22-9-4-10-23-48)67-65(69-66)49-24-11-5-12-25-49)50-26-21-33-56(42-50)71(53-27-13-6-14-28-53,54-29-15-7-16-30-54)55-31-17-8-18-32-55/h4-44H,1-3H3. The van der Waals surface area contributed by atoms with E-state index in [-0.39, 0.29) is 0 Å². The first-order valence-electron chi connectivity index (χ1n) is 24.3. The monoisotopic (exact) mass is 926 g/mol. The maximum absolute atomic E-state index is 5.39. The van der Waals surface area contributed by atoms with Crippen LogP contribution < -0.4 is 20.7 Å². The molecule has 10 aromatic carbocycles. The van der Waals surface area contributed by atoms with Gasteiger partial charge in [0.2, 0.25) is 0 Å². The van der Waals surface area contributed by atoms with Crippen LogP contribution in [0.2, 0.25) is 0 Å². The Bertz CT molecular complexity index is 3710. The first-order valence-corrected chi connectivity index (χ1v) is 26.3. The summed E-state index contributed by atoms with van der Waals surface area (Å²) in [6.45, 7) is 6.62. The highest BCUT2D eigenvalue weighted by molar-refractivity contribution is 7.19. The number of aromatic nitrogens is 4. The van der Waals surface area contributed by atoms with E-state index in [0.29, 0.717) is 17.5 Å². The topological polar surface area (TPSA) is 43.6 Å². The number of para-hydroxylation sites is 1. The summed E-state index contributed by atoms with van der Waals surface area (Å²) in [5.74, 6) is 1.83. The zero-order chi connectivity index (χ0) is 47.9. The van der Waals surface area contributed by atoms with Crippen molar-refractivity contribution in [3.63, 3.8) is 0 Å². The van der Waals surface area contributed by atoms with E-state index in [1.165, 1.54) is 59.3 Å². The molecule has 0 amide bonds. The molecular formula is C66H50N4Si. The third-order valence-corrected chi connectivity index (χ3v) is 18.8. The number of hydrogen-bond acceptors (Lipinski definition) is 3. The summed E-state index contributed by atoms with van der Waals surface area (Å²) in [6, 6.07) is 90.3. The van der Waals surface area contributed by atoms with Crippen molar-refractivity contribution in [3.8, 4) is 62.1 Å². The number of fused-ring (bicyclic) bond motifs is 3. The Hall–Kier alpha value is -8.77. The van der Waals surface area contributed by atoms with Gasteiger partial charge in [-0.2, -0.15) is 0 Å². The second-order valence-electron chi connectivity index (χ2n) is 18.6. The summed E-state index contributed by atoms with van der Waals surface area (Å²) < 4.78 is 2.41. The highest BCUT2D eigenvalue weighted by Gasteiger charge is 2.41. The zero-order valence-electron chi connectivity index (χ0n) is 40.0. The summed E-state index contributed by atoms with van der Waals surface area (Å²) in [5.41, 5.74) is 14.5. The Balaban J connectivity index is 1.13. The molecule has 0 aliphatic carbocycles. The lowest BCUT2D eigenvalue weighted by molar-refractivity contribution is 1.06. The molecule has 0 radical (unpaired) electrons. The molecule has 0 atom stereocenters. The summed E-state index contributed by atoms with van der Waals surface area (Å²) in [5, 5.41) is 7.68. The largest absolute Gasteiger partial charge is 0.309 e. The quantitative estimate of drug-likeness (QED) is 0.101. The maximum Gasteiger partial charge on any atom is 0.179 e. The van der Waals surface area contributed by atoms with Crippen LogP contribution in [-0.2, 0) is 0 Å². The Morgan fingerprint density at radius 3 is 1.35 bits per heavy atom. The van der Waals surface area contributed by atoms with Crippen LogP contribution in [0.5, 0.6) is 0 Å². The molecule has 0 spiro atoms. The normalized spacial score (nSPS) is 11.6. The van der Waals surface area contributed by atoms with Crippen molar-refractivity contribution in [1.82, 2.24) is 19.5 Å². The van der Waals surface area contributed by atoms with Gasteiger partial charge in [-0.25, -0.2) is 15.0 Å². The van der Waals surface area contributed by atoms with Crippen molar-refractivity contribution in [1.29, 1.82) is 0 Å². The molecule has 0 N–H and O–H groups in total. The average Bonchev–Trinajstić information content (AvgIpc) is 3.75. The van der Waals surface area contributed by atoms with Gasteiger partial charge in [0.1, 0.15) is 0 Å². The molecule has 0 saturated carbocycles. The number of rotatable bonds is 10. The van der Waals surface area contributed by atoms with Crippen LogP contribution in [0.1, 0.15) is 16.7 Å². The minimum atomic E-state index is -2.82. The Morgan fingerprint density at radius 2 is 0.775 bits per heavy atom. The zero-order valence-corrected chi connectivity index (χ0v) is 41.0. The van der Waals surface area contributed by atoms with Crippen molar-refractivity contribution < 1.29 is 0 Å². The van der Waals surface area contributed by atoms with Crippen molar-refractivity contribution in [2.75, 3.05) is 0 Å². The Morgan fingerprint density at radius 1 is 0.324 bits per heavy atom. The smallest absolute Gasteiger partial charge is 0.179 e. The van der Waals surface area contributed by atoms with E-state index < -0.39 is 8.07 Å². The highest BCUT2D eigenvalue weighted by Crippen LogP contribution is 2.40. The van der Waals surface area contributed by atoms with Gasteiger partial charge < -0.3 is 4.57 Å². The second kappa shape index (κ2) is 18.3. The fraction of sp³-hybridized carbons (Fsp3) is 0.0455. The van der Waals surface area contributed by atoms with Crippen LogP contribution in [0.3, 0.4) is 0 Å². The van der Waals surface area contributed by atoms with Gasteiger partial charge in [0.05, 0.1) is 16.7 Å². The molecule has 2 heterocycles. The second-order valence-corrected chi connectivity index (χ2v) is 22.4. The fourth-order valence-electron chi connectivity index (χ4n) is 11.0. The van der Waals surface area contributed by atoms with Gasteiger partial charge in [-0.15, -0.1) is 0 Å². The molecule has 5 heteroatoms. The summed E-state index contributed by atoms with van der Waals surface area (Å²) in [7, 11) is -2.82. The van der Waals surface area contributed by atoms with Crippen LogP contribution in [0.4, 0.5) is 0 Å². The van der Waals surface area contributed by atoms with Crippen molar-refractivity contribution >= 4 is 50.6 Å². The molecule has 12 aromatic rings. The molecule has 2 aromatic heterocycles. The van der Waals surface area contributed by atoms with Gasteiger partial charge in [0.15, 0.2) is 25.5 Å². The lowest BCUT2D eigenvalue weighted by Crippen LogP contribution is -2.74.